The second-order valence-corrected chi connectivity index (χ2v) is 4.46. The van der Waals surface area contributed by atoms with Crippen molar-refractivity contribution in [3.8, 4) is 23.8 Å². The summed E-state index contributed by atoms with van der Waals surface area (Å²) in [6.07, 6.45) is 6.06. The zero-order chi connectivity index (χ0) is 13.4. The Bertz CT molecular complexity index is 577. The van der Waals surface area contributed by atoms with E-state index < -0.39 is 0 Å². The highest BCUT2D eigenvalue weighted by molar-refractivity contribution is 6.05. The van der Waals surface area contributed by atoms with E-state index >= 15 is 0 Å². The van der Waals surface area contributed by atoms with Crippen LogP contribution in [0.1, 0.15) is 13.3 Å². The number of benzene rings is 1. The maximum Gasteiger partial charge on any atom is 0.250 e. The summed E-state index contributed by atoms with van der Waals surface area (Å²) in [7, 11) is 0. The Morgan fingerprint density at radius 2 is 2.21 bits per heavy atom. The fourth-order valence-corrected chi connectivity index (χ4v) is 2.36. The van der Waals surface area contributed by atoms with Gasteiger partial charge < -0.3 is 14.8 Å². The number of nitrogens with zero attached hydrogens (tertiary/aromatic N) is 1. The largest absolute Gasteiger partial charge is 0.454 e. The smallest absolute Gasteiger partial charge is 0.250 e. The van der Waals surface area contributed by atoms with Gasteiger partial charge in [-0.25, -0.2) is 0 Å². The number of rotatable bonds is 2. The van der Waals surface area contributed by atoms with E-state index in [1.807, 2.05) is 13.0 Å². The van der Waals surface area contributed by atoms with Crippen LogP contribution in [-0.4, -0.2) is 25.3 Å². The van der Waals surface area contributed by atoms with E-state index in [1.54, 1.807) is 11.0 Å². The highest BCUT2D eigenvalue weighted by Crippen LogP contribution is 2.43. The average molecular weight is 258 g/mol. The van der Waals surface area contributed by atoms with Gasteiger partial charge in [0.2, 0.25) is 12.7 Å². The number of hydrogen-bond donors (Lipinski definition) is 1. The molecule has 0 bridgehead atoms. The Hall–Kier alpha value is -2.35. The number of carbonyl (C=O) groups excluding carboxylic acids is 1. The summed E-state index contributed by atoms with van der Waals surface area (Å²) in [5, 5.41) is 3.22. The van der Waals surface area contributed by atoms with Crippen LogP contribution in [0, 0.1) is 12.3 Å². The summed E-state index contributed by atoms with van der Waals surface area (Å²) in [5.41, 5.74) is 1.60. The quantitative estimate of drug-likeness (QED) is 0.818. The Morgan fingerprint density at radius 3 is 2.89 bits per heavy atom. The van der Waals surface area contributed by atoms with Crippen LogP contribution in [0.5, 0.6) is 11.5 Å². The third kappa shape index (κ3) is 1.76. The predicted octanol–water partition coefficient (Wildman–Crippen LogP) is 1.59. The summed E-state index contributed by atoms with van der Waals surface area (Å²) < 4.78 is 10.7. The Kier molecular flexibility index (Phi) is 2.71. The molecule has 1 aromatic carbocycles. The van der Waals surface area contributed by atoms with Crippen molar-refractivity contribution in [3.05, 3.63) is 12.1 Å². The fourth-order valence-electron chi connectivity index (χ4n) is 2.36. The van der Waals surface area contributed by atoms with Gasteiger partial charge >= 0.3 is 0 Å². The molecule has 0 aliphatic carbocycles. The zero-order valence-electron chi connectivity index (χ0n) is 10.6. The van der Waals surface area contributed by atoms with Crippen molar-refractivity contribution in [2.75, 3.05) is 23.6 Å². The van der Waals surface area contributed by atoms with Crippen LogP contribution in [0.25, 0.3) is 0 Å². The van der Waals surface area contributed by atoms with Gasteiger partial charge in [0.1, 0.15) is 6.04 Å². The lowest BCUT2D eigenvalue weighted by molar-refractivity contribution is -0.119. The van der Waals surface area contributed by atoms with Crippen LogP contribution >= 0.6 is 0 Å². The molecule has 0 radical (unpaired) electrons. The number of carbonyl (C=O) groups is 1. The van der Waals surface area contributed by atoms with Crippen molar-refractivity contribution in [1.29, 1.82) is 0 Å². The topological polar surface area (TPSA) is 50.8 Å². The average Bonchev–Trinajstić information content (AvgIpc) is 2.87. The first-order valence-electron chi connectivity index (χ1n) is 6.19. The van der Waals surface area contributed by atoms with Crippen LogP contribution in [-0.2, 0) is 4.79 Å². The first kappa shape index (κ1) is 11.7. The zero-order valence-corrected chi connectivity index (χ0v) is 10.6. The van der Waals surface area contributed by atoms with Crippen molar-refractivity contribution in [1.82, 2.24) is 0 Å². The molecule has 5 heteroatoms. The van der Waals surface area contributed by atoms with E-state index in [9.17, 15) is 4.79 Å². The third-order valence-electron chi connectivity index (χ3n) is 3.33. The van der Waals surface area contributed by atoms with Gasteiger partial charge in [-0.05, 0) is 6.42 Å². The summed E-state index contributed by atoms with van der Waals surface area (Å²) in [5.74, 6) is 3.85. The number of fused-ring (bicyclic) bond motifs is 2. The lowest BCUT2D eigenvalue weighted by atomic mass is 10.1. The first-order valence-corrected chi connectivity index (χ1v) is 6.19. The van der Waals surface area contributed by atoms with E-state index in [4.69, 9.17) is 15.9 Å². The molecule has 19 heavy (non-hydrogen) atoms. The van der Waals surface area contributed by atoms with Gasteiger partial charge in [-0.15, -0.1) is 6.42 Å². The highest BCUT2D eigenvalue weighted by Gasteiger charge is 2.33. The molecule has 2 aliphatic rings. The Labute approximate surface area is 111 Å². The van der Waals surface area contributed by atoms with Crippen LogP contribution in [0.4, 0.5) is 11.4 Å². The lowest BCUT2D eigenvalue weighted by Crippen LogP contribution is -2.47. The van der Waals surface area contributed by atoms with Crippen molar-refractivity contribution < 1.29 is 14.3 Å². The Balaban J connectivity index is 2.08. The fraction of sp³-hybridized carbons (Fsp3) is 0.357. The van der Waals surface area contributed by atoms with Crippen molar-refractivity contribution in [3.63, 3.8) is 0 Å². The number of terminal acetylenes is 1. The van der Waals surface area contributed by atoms with Gasteiger partial charge in [0.05, 0.1) is 17.9 Å². The third-order valence-corrected chi connectivity index (χ3v) is 3.33. The van der Waals surface area contributed by atoms with Gasteiger partial charge in [0.25, 0.3) is 0 Å². The van der Waals surface area contributed by atoms with Crippen molar-refractivity contribution in [2.24, 2.45) is 0 Å². The molecule has 0 spiro atoms. The summed E-state index contributed by atoms with van der Waals surface area (Å²) in [4.78, 5) is 13.9. The molecule has 0 saturated heterocycles. The molecule has 2 heterocycles. The monoisotopic (exact) mass is 258 g/mol. The van der Waals surface area contributed by atoms with E-state index in [2.05, 4.69) is 11.2 Å². The van der Waals surface area contributed by atoms with Crippen LogP contribution in [0.2, 0.25) is 0 Å². The minimum absolute atomic E-state index is 0.00758. The van der Waals surface area contributed by atoms with E-state index in [0.29, 0.717) is 17.9 Å². The molecule has 1 unspecified atom stereocenters. The predicted molar refractivity (Wildman–Crippen MR) is 71.5 cm³/mol. The minimum Gasteiger partial charge on any atom is -0.454 e. The minimum atomic E-state index is -0.249. The normalized spacial score (nSPS) is 19.7. The summed E-state index contributed by atoms with van der Waals surface area (Å²) in [6, 6.07) is 3.41. The lowest BCUT2D eigenvalue weighted by Gasteiger charge is -2.34. The van der Waals surface area contributed by atoms with E-state index in [-0.39, 0.29) is 25.3 Å². The van der Waals surface area contributed by atoms with E-state index in [0.717, 1.165) is 11.4 Å². The molecule has 0 fully saturated rings. The molecular formula is C14H14N2O3. The number of anilines is 2. The molecule has 0 saturated carbocycles. The molecule has 2 aliphatic heterocycles. The molecule has 1 atom stereocenters. The number of ether oxygens (including phenoxy) is 2. The van der Waals surface area contributed by atoms with Gasteiger partial charge in [0.15, 0.2) is 11.5 Å². The molecule has 1 aromatic rings. The summed E-state index contributed by atoms with van der Waals surface area (Å²) >= 11 is 0. The van der Waals surface area contributed by atoms with Gasteiger partial charge in [-0.1, -0.05) is 12.8 Å². The van der Waals surface area contributed by atoms with Crippen molar-refractivity contribution >= 4 is 17.3 Å². The molecular weight excluding hydrogens is 244 g/mol. The SMILES string of the molecule is C#CCN1C(=O)C(CC)Nc2cc3c(cc21)OCO3. The van der Waals surface area contributed by atoms with Crippen molar-refractivity contribution in [2.45, 2.75) is 19.4 Å². The maximum absolute atomic E-state index is 12.3. The van der Waals surface area contributed by atoms with Crippen LogP contribution in [0.15, 0.2) is 12.1 Å². The second-order valence-electron chi connectivity index (χ2n) is 4.46. The first-order chi connectivity index (χ1) is 9.24. The van der Waals surface area contributed by atoms with E-state index in [1.165, 1.54) is 0 Å². The van der Waals surface area contributed by atoms with Gasteiger partial charge in [0, 0.05) is 12.1 Å². The Morgan fingerprint density at radius 1 is 1.47 bits per heavy atom. The van der Waals surface area contributed by atoms with Crippen LogP contribution < -0.4 is 19.7 Å². The standard InChI is InChI=1S/C14H14N2O3/c1-3-5-16-11-7-13-12(18-8-19-13)6-10(11)15-9(4-2)14(16)17/h1,6-7,9,15H,4-5,8H2,2H3. The molecule has 0 aromatic heterocycles. The number of amides is 1. The molecule has 98 valence electrons. The summed E-state index contributed by atoms with van der Waals surface area (Å²) in [6.45, 7) is 2.42. The maximum atomic E-state index is 12.3. The molecule has 1 amide bonds. The molecule has 5 nitrogen and oxygen atoms in total. The molecule has 1 N–H and O–H groups in total. The van der Waals surface area contributed by atoms with Crippen LogP contribution in [0.3, 0.4) is 0 Å². The molecule has 3 rings (SSSR count). The number of hydrogen-bond acceptors (Lipinski definition) is 4. The number of nitrogens with one attached hydrogen (secondary N) is 1. The highest BCUT2D eigenvalue weighted by atomic mass is 16.7. The van der Waals surface area contributed by atoms with Gasteiger partial charge in [-0.3, -0.25) is 9.69 Å². The second kappa shape index (κ2) is 4.39. The van der Waals surface area contributed by atoms with Gasteiger partial charge in [-0.2, -0.15) is 0 Å².